The maximum atomic E-state index is 14.0. The lowest BCUT2D eigenvalue weighted by molar-refractivity contribution is 0.0580. The van der Waals surface area contributed by atoms with Crippen LogP contribution < -0.4 is 9.80 Å². The van der Waals surface area contributed by atoms with Gasteiger partial charge in [-0.15, -0.1) is 0 Å². The Bertz CT molecular complexity index is 1900. The first-order valence-corrected chi connectivity index (χ1v) is 15.5. The molecule has 4 heterocycles. The summed E-state index contributed by atoms with van der Waals surface area (Å²) in [4.78, 5) is 22.4. The van der Waals surface area contributed by atoms with Gasteiger partial charge in [0.25, 0.3) is 0 Å². The number of ether oxygens (including phenoxy) is 1. The summed E-state index contributed by atoms with van der Waals surface area (Å²) in [6, 6.07) is 17.9. The number of hydrogen-bond acceptors (Lipinski definition) is 6. The van der Waals surface area contributed by atoms with E-state index in [0.717, 1.165) is 51.8 Å². The lowest BCUT2D eigenvalue weighted by Crippen LogP contribution is -2.37. The van der Waals surface area contributed by atoms with Crippen molar-refractivity contribution < 1.29 is 13.7 Å². The number of fused-ring (bicyclic) bond motifs is 3. The van der Waals surface area contributed by atoms with E-state index < -0.39 is 16.6 Å². The molecule has 1 amide bonds. The molecule has 1 aliphatic heterocycles. The van der Waals surface area contributed by atoms with Crippen molar-refractivity contribution in [2.75, 3.05) is 23.4 Å². The second kappa shape index (κ2) is 9.80. The molecule has 3 aromatic heterocycles. The fourth-order valence-electron chi connectivity index (χ4n) is 5.86. The molecule has 2 aliphatic rings. The number of hydrogen-bond donors (Lipinski definition) is 0. The van der Waals surface area contributed by atoms with Crippen LogP contribution in [0.15, 0.2) is 84.3 Å². The molecular formula is C33H34N6O3S. The van der Waals surface area contributed by atoms with E-state index >= 15 is 0 Å². The Kier molecular flexibility index (Phi) is 6.25. The van der Waals surface area contributed by atoms with Gasteiger partial charge in [0.05, 0.1) is 22.3 Å². The van der Waals surface area contributed by atoms with Gasteiger partial charge < -0.3 is 9.64 Å². The quantitative estimate of drug-likeness (QED) is 0.229. The summed E-state index contributed by atoms with van der Waals surface area (Å²) in [5, 5.41) is 5.29. The van der Waals surface area contributed by atoms with Crippen molar-refractivity contribution in [3.8, 4) is 11.1 Å². The van der Waals surface area contributed by atoms with E-state index in [1.54, 1.807) is 9.58 Å². The van der Waals surface area contributed by atoms with Crippen LogP contribution in [0, 0.1) is 0 Å². The predicted molar refractivity (Wildman–Crippen MR) is 169 cm³/mol. The molecule has 43 heavy (non-hydrogen) atoms. The van der Waals surface area contributed by atoms with Gasteiger partial charge in [-0.1, -0.05) is 24.3 Å². The predicted octanol–water partition coefficient (Wildman–Crippen LogP) is 6.56. The van der Waals surface area contributed by atoms with Crippen LogP contribution in [0.3, 0.4) is 0 Å². The number of nitrogens with zero attached hydrogens (tertiary/aromatic N) is 6. The lowest BCUT2D eigenvalue weighted by Gasteiger charge is -2.24. The lowest BCUT2D eigenvalue weighted by atomic mass is 9.96. The third-order valence-electron chi connectivity index (χ3n) is 8.28. The summed E-state index contributed by atoms with van der Waals surface area (Å²) in [5.41, 5.74) is 5.03. The molecule has 5 aromatic rings. The van der Waals surface area contributed by atoms with Crippen LogP contribution >= 0.6 is 0 Å². The zero-order chi connectivity index (χ0) is 30.1. The van der Waals surface area contributed by atoms with E-state index in [2.05, 4.69) is 34.3 Å². The summed E-state index contributed by atoms with van der Waals surface area (Å²) in [6.45, 7) is 6.21. The average molecular weight is 595 g/mol. The monoisotopic (exact) mass is 594 g/mol. The Balaban J connectivity index is 1.34. The minimum absolute atomic E-state index is 0.0833. The van der Waals surface area contributed by atoms with Gasteiger partial charge in [-0.3, -0.25) is 13.6 Å². The largest absolute Gasteiger partial charge is 0.443 e. The van der Waals surface area contributed by atoms with E-state index in [9.17, 15) is 9.00 Å². The third kappa shape index (κ3) is 4.79. The van der Waals surface area contributed by atoms with Gasteiger partial charge in [0.15, 0.2) is 11.0 Å². The summed E-state index contributed by atoms with van der Waals surface area (Å²) in [6.07, 6.45) is 9.21. The minimum atomic E-state index is -1.47. The van der Waals surface area contributed by atoms with Crippen molar-refractivity contribution in [3.05, 3.63) is 84.9 Å². The van der Waals surface area contributed by atoms with Crippen LogP contribution in [0.2, 0.25) is 0 Å². The molecule has 1 unspecified atom stereocenters. The van der Waals surface area contributed by atoms with E-state index in [0.29, 0.717) is 17.3 Å². The molecule has 1 aliphatic carbocycles. The van der Waals surface area contributed by atoms with Crippen LogP contribution in [0.25, 0.3) is 22.0 Å². The first kappa shape index (κ1) is 27.4. The number of aryl methyl sites for hydroxylation is 1. The van der Waals surface area contributed by atoms with Crippen LogP contribution in [0.5, 0.6) is 0 Å². The normalized spacial score (nSPS) is 16.0. The summed E-state index contributed by atoms with van der Waals surface area (Å²) < 4.78 is 23.3. The van der Waals surface area contributed by atoms with Gasteiger partial charge in [0, 0.05) is 72.4 Å². The van der Waals surface area contributed by atoms with Gasteiger partial charge in [0.2, 0.25) is 0 Å². The number of pyridine rings is 1. The average Bonchev–Trinajstić information content (AvgIpc) is 3.31. The first-order chi connectivity index (χ1) is 20.5. The van der Waals surface area contributed by atoms with Crippen LogP contribution in [0.1, 0.15) is 39.2 Å². The van der Waals surface area contributed by atoms with Crippen LogP contribution in [-0.4, -0.2) is 48.2 Å². The molecule has 10 heteroatoms. The fraction of sp³-hybridized carbons (Fsp3) is 0.303. The number of aromatic nitrogens is 4. The maximum Gasteiger partial charge on any atom is 0.416 e. The molecule has 7 rings (SSSR count). The zero-order valence-corrected chi connectivity index (χ0v) is 25.8. The number of benzene rings is 2. The molecule has 1 atom stereocenters. The Morgan fingerprint density at radius 3 is 2.47 bits per heavy atom. The highest BCUT2D eigenvalue weighted by Gasteiger charge is 2.54. The van der Waals surface area contributed by atoms with E-state index in [1.807, 2.05) is 94.0 Å². The second-order valence-electron chi connectivity index (χ2n) is 12.5. The second-order valence-corrected chi connectivity index (χ2v) is 13.9. The molecule has 1 fully saturated rings. The van der Waals surface area contributed by atoms with E-state index in [-0.39, 0.29) is 11.5 Å². The zero-order valence-electron chi connectivity index (χ0n) is 24.9. The minimum Gasteiger partial charge on any atom is -0.443 e. The van der Waals surface area contributed by atoms with Gasteiger partial charge >= 0.3 is 6.09 Å². The van der Waals surface area contributed by atoms with Crippen LogP contribution in [-0.2, 0) is 28.2 Å². The number of carbonyl (C=O) groups is 1. The molecule has 0 saturated heterocycles. The van der Waals surface area contributed by atoms with Crippen molar-refractivity contribution in [1.29, 1.82) is 0 Å². The Morgan fingerprint density at radius 1 is 1.02 bits per heavy atom. The molecular weight excluding hydrogens is 560 g/mol. The Labute approximate surface area is 253 Å². The highest BCUT2D eigenvalue weighted by atomic mass is 32.2. The molecule has 1 saturated carbocycles. The molecule has 1 spiro atoms. The number of carbonyl (C=O) groups excluding carboxylic acids is 1. The summed E-state index contributed by atoms with van der Waals surface area (Å²) in [7, 11) is 2.42. The van der Waals surface area contributed by atoms with E-state index in [4.69, 9.17) is 9.72 Å². The standard InChI is InChI=1S/C33H34N6O3S/c1-32(2,3)42-31(40)38-21-33(13-14-33)28-15-22(17-34-30(28)38)27-20-39(43(41)25-9-7-6-8-10-25)29-16-23(11-12-26(27)29)37(5)24-18-35-36(4)19-24/h6-12,15-20H,13-14,21H2,1-5H3. The van der Waals surface area contributed by atoms with Crippen LogP contribution in [0.4, 0.5) is 22.0 Å². The van der Waals surface area contributed by atoms with E-state index in [1.165, 1.54) is 0 Å². The fourth-order valence-corrected chi connectivity index (χ4v) is 7.01. The van der Waals surface area contributed by atoms with Crippen molar-refractivity contribution in [2.45, 2.75) is 49.5 Å². The first-order valence-electron chi connectivity index (χ1n) is 14.4. The molecule has 0 bridgehead atoms. The summed E-state index contributed by atoms with van der Waals surface area (Å²) in [5.74, 6) is 0.674. The molecule has 2 aromatic carbocycles. The van der Waals surface area contributed by atoms with Crippen molar-refractivity contribution in [2.24, 2.45) is 7.05 Å². The third-order valence-corrected chi connectivity index (χ3v) is 9.61. The topological polar surface area (TPSA) is 85.5 Å². The van der Waals surface area contributed by atoms with Gasteiger partial charge in [-0.05, 0) is 63.9 Å². The molecule has 0 N–H and O–H groups in total. The van der Waals surface area contributed by atoms with Crippen molar-refractivity contribution >= 4 is 45.2 Å². The smallest absolute Gasteiger partial charge is 0.416 e. The molecule has 9 nitrogen and oxygen atoms in total. The highest BCUT2D eigenvalue weighted by Crippen LogP contribution is 2.56. The van der Waals surface area contributed by atoms with Gasteiger partial charge in [-0.2, -0.15) is 5.10 Å². The maximum absolute atomic E-state index is 14.0. The highest BCUT2D eigenvalue weighted by molar-refractivity contribution is 7.83. The number of rotatable bonds is 5. The Morgan fingerprint density at radius 2 is 1.79 bits per heavy atom. The number of anilines is 3. The molecule has 0 radical (unpaired) electrons. The van der Waals surface area contributed by atoms with Crippen molar-refractivity contribution in [1.82, 2.24) is 18.7 Å². The summed E-state index contributed by atoms with van der Waals surface area (Å²) >= 11 is 0. The Hall–Kier alpha value is -4.44. The molecule has 220 valence electrons. The van der Waals surface area contributed by atoms with Gasteiger partial charge in [0.1, 0.15) is 11.4 Å². The van der Waals surface area contributed by atoms with Crippen molar-refractivity contribution in [3.63, 3.8) is 0 Å². The number of amides is 1. The van der Waals surface area contributed by atoms with Gasteiger partial charge in [-0.25, -0.2) is 14.0 Å². The SMILES string of the molecule is CN(c1ccc2c(-c3cnc4c(c3)C3(CC3)CN4C(=O)OC(C)(C)C)cn(S(=O)c3ccccc3)c2c1)c1cnn(C)c1.